The summed E-state index contributed by atoms with van der Waals surface area (Å²) in [5.41, 5.74) is 2.65. The number of ether oxygens (including phenoxy) is 3. The van der Waals surface area contributed by atoms with Crippen molar-refractivity contribution < 1.29 is 19.0 Å². The minimum absolute atomic E-state index is 0.0365. The Hall–Kier alpha value is -1.44. The van der Waals surface area contributed by atoms with Crippen molar-refractivity contribution in [3.05, 3.63) is 17.5 Å². The van der Waals surface area contributed by atoms with Crippen LogP contribution in [0.25, 0.3) is 0 Å². The van der Waals surface area contributed by atoms with Crippen LogP contribution in [0.5, 0.6) is 0 Å². The van der Waals surface area contributed by atoms with Gasteiger partial charge in [0.15, 0.2) is 0 Å². The predicted octanol–water partition coefficient (Wildman–Crippen LogP) is 0.945. The first-order valence-electron chi connectivity index (χ1n) is 9.16. The second kappa shape index (κ2) is 8.78. The van der Waals surface area contributed by atoms with Gasteiger partial charge in [-0.25, -0.2) is 0 Å². The number of hydrogen-bond donors (Lipinski definition) is 1. The van der Waals surface area contributed by atoms with E-state index < -0.39 is 0 Å². The maximum absolute atomic E-state index is 12.2. The highest BCUT2D eigenvalue weighted by molar-refractivity contribution is 5.75. The molecule has 0 aromatic carbocycles. The Kier molecular flexibility index (Phi) is 6.45. The monoisotopic (exact) mass is 351 g/mol. The van der Waals surface area contributed by atoms with Crippen LogP contribution in [0.2, 0.25) is 0 Å². The average molecular weight is 351 g/mol. The molecule has 1 fully saturated rings. The molecule has 0 radical (unpaired) electrons. The van der Waals surface area contributed by atoms with Gasteiger partial charge in [0.05, 0.1) is 25.5 Å². The lowest BCUT2D eigenvalue weighted by Gasteiger charge is -2.36. The predicted molar refractivity (Wildman–Crippen MR) is 92.4 cm³/mol. The van der Waals surface area contributed by atoms with Crippen LogP contribution < -0.4 is 5.32 Å². The lowest BCUT2D eigenvalue weighted by atomic mass is 9.96. The summed E-state index contributed by atoms with van der Waals surface area (Å²) in [4.78, 5) is 12.2. The molecule has 1 aromatic rings. The zero-order chi connectivity index (χ0) is 17.6. The van der Waals surface area contributed by atoms with E-state index in [9.17, 15) is 4.79 Å². The van der Waals surface area contributed by atoms with Crippen molar-refractivity contribution in [3.63, 3.8) is 0 Å². The molecule has 0 spiro atoms. The molecule has 2 aliphatic rings. The van der Waals surface area contributed by atoms with Crippen molar-refractivity contribution in [2.75, 3.05) is 34.0 Å². The Labute approximate surface area is 149 Å². The van der Waals surface area contributed by atoms with Gasteiger partial charge in [0.1, 0.15) is 6.10 Å². The van der Waals surface area contributed by atoms with E-state index in [0.29, 0.717) is 32.7 Å². The molecule has 0 bridgehead atoms. The van der Waals surface area contributed by atoms with Crippen LogP contribution in [0.1, 0.15) is 30.5 Å². The molecule has 2 heterocycles. The van der Waals surface area contributed by atoms with E-state index >= 15 is 0 Å². The third-order valence-electron chi connectivity index (χ3n) is 5.28. The van der Waals surface area contributed by atoms with Gasteiger partial charge in [-0.05, 0) is 31.2 Å². The van der Waals surface area contributed by atoms with Gasteiger partial charge in [0.2, 0.25) is 5.91 Å². The van der Waals surface area contributed by atoms with Crippen molar-refractivity contribution in [1.82, 2.24) is 15.1 Å². The minimum Gasteiger partial charge on any atom is -0.378 e. The molecular weight excluding hydrogens is 322 g/mol. The molecule has 1 saturated heterocycles. The summed E-state index contributed by atoms with van der Waals surface area (Å²) < 4.78 is 18.5. The fraction of sp³-hybridized carbons (Fsp3) is 0.778. The van der Waals surface area contributed by atoms with Crippen LogP contribution in [0.15, 0.2) is 6.20 Å². The maximum atomic E-state index is 12.2. The normalized spacial score (nSPS) is 26.2. The van der Waals surface area contributed by atoms with Gasteiger partial charge in [-0.2, -0.15) is 5.10 Å². The molecule has 1 aliphatic heterocycles. The number of rotatable bonds is 7. The summed E-state index contributed by atoms with van der Waals surface area (Å²) in [5, 5.41) is 7.45. The van der Waals surface area contributed by atoms with Crippen LogP contribution >= 0.6 is 0 Å². The summed E-state index contributed by atoms with van der Waals surface area (Å²) in [7, 11) is 3.34. The number of methoxy groups -OCH3 is 2. The first kappa shape index (κ1) is 18.4. The number of nitrogens with one attached hydrogen (secondary N) is 1. The zero-order valence-electron chi connectivity index (χ0n) is 15.2. The van der Waals surface area contributed by atoms with Gasteiger partial charge in [0, 0.05) is 45.3 Å². The highest BCUT2D eigenvalue weighted by atomic mass is 16.6. The number of aromatic nitrogens is 2. The number of carbonyl (C=O) groups is 1. The molecule has 3 rings (SSSR count). The molecule has 25 heavy (non-hydrogen) atoms. The van der Waals surface area contributed by atoms with Crippen LogP contribution in [-0.2, 0) is 38.4 Å². The summed E-state index contributed by atoms with van der Waals surface area (Å²) >= 11 is 0. The SMILES string of the molecule is CO[C@H]1[C@H](CNC(=O)CCn2ncc3c2CCCC3)COC[C@H]1OC. The fourth-order valence-electron chi connectivity index (χ4n) is 3.84. The Balaban J connectivity index is 1.45. The Morgan fingerprint density at radius 1 is 1.32 bits per heavy atom. The highest BCUT2D eigenvalue weighted by Crippen LogP contribution is 2.21. The number of aryl methyl sites for hydroxylation is 2. The van der Waals surface area contributed by atoms with Crippen molar-refractivity contribution in [2.24, 2.45) is 5.92 Å². The van der Waals surface area contributed by atoms with Crippen LogP contribution in [0.3, 0.4) is 0 Å². The molecular formula is C18H29N3O4. The zero-order valence-corrected chi connectivity index (χ0v) is 15.2. The molecule has 1 aromatic heterocycles. The summed E-state index contributed by atoms with van der Waals surface area (Å²) in [5.74, 6) is 0.138. The molecule has 3 atom stereocenters. The third-order valence-corrected chi connectivity index (χ3v) is 5.28. The van der Waals surface area contributed by atoms with E-state index in [4.69, 9.17) is 14.2 Å². The van der Waals surface area contributed by atoms with E-state index in [0.717, 1.165) is 12.8 Å². The van der Waals surface area contributed by atoms with Crippen LogP contribution in [0.4, 0.5) is 0 Å². The van der Waals surface area contributed by atoms with E-state index in [1.54, 1.807) is 14.2 Å². The fourth-order valence-corrected chi connectivity index (χ4v) is 3.84. The quantitative estimate of drug-likeness (QED) is 0.791. The third kappa shape index (κ3) is 4.40. The molecule has 140 valence electrons. The number of amides is 1. The number of fused-ring (bicyclic) bond motifs is 1. The largest absolute Gasteiger partial charge is 0.378 e. The summed E-state index contributed by atoms with van der Waals surface area (Å²) in [6, 6.07) is 0. The first-order valence-corrected chi connectivity index (χ1v) is 9.16. The van der Waals surface area contributed by atoms with Crippen LogP contribution in [0, 0.1) is 5.92 Å². The number of carbonyl (C=O) groups excluding carboxylic acids is 1. The van der Waals surface area contributed by atoms with Gasteiger partial charge >= 0.3 is 0 Å². The van der Waals surface area contributed by atoms with Crippen molar-refractivity contribution in [3.8, 4) is 0 Å². The average Bonchev–Trinajstić information content (AvgIpc) is 3.07. The second-order valence-corrected chi connectivity index (χ2v) is 6.87. The Morgan fingerprint density at radius 3 is 2.96 bits per heavy atom. The molecule has 7 heteroatoms. The Morgan fingerprint density at radius 2 is 2.16 bits per heavy atom. The molecule has 1 aliphatic carbocycles. The van der Waals surface area contributed by atoms with Crippen molar-refractivity contribution >= 4 is 5.91 Å². The van der Waals surface area contributed by atoms with Crippen molar-refractivity contribution in [1.29, 1.82) is 0 Å². The van der Waals surface area contributed by atoms with Gasteiger partial charge in [0.25, 0.3) is 0 Å². The highest BCUT2D eigenvalue weighted by Gasteiger charge is 2.34. The first-order chi connectivity index (χ1) is 12.2. The van der Waals surface area contributed by atoms with E-state index in [2.05, 4.69) is 10.4 Å². The lowest BCUT2D eigenvalue weighted by molar-refractivity contribution is -0.147. The standard InChI is InChI=1S/C18H29N3O4/c1-23-16-12-25-11-14(18(16)24-2)9-19-17(22)7-8-21-15-6-4-3-5-13(15)10-20-21/h10,14,16,18H,3-9,11-12H2,1-2H3,(H,19,22)/t14-,16-,18+/m1/s1. The van der Waals surface area contributed by atoms with Gasteiger partial charge in [-0.3, -0.25) is 9.48 Å². The second-order valence-electron chi connectivity index (χ2n) is 6.87. The smallest absolute Gasteiger partial charge is 0.221 e. The Bertz CT molecular complexity index is 575. The molecule has 7 nitrogen and oxygen atoms in total. The maximum Gasteiger partial charge on any atom is 0.221 e. The summed E-state index contributed by atoms with van der Waals surface area (Å²) in [6.07, 6.45) is 6.89. The van der Waals surface area contributed by atoms with E-state index in [1.165, 1.54) is 24.1 Å². The topological polar surface area (TPSA) is 74.6 Å². The van der Waals surface area contributed by atoms with Crippen LogP contribution in [-0.4, -0.2) is 61.9 Å². The summed E-state index contributed by atoms with van der Waals surface area (Å²) in [6.45, 7) is 2.28. The van der Waals surface area contributed by atoms with Crippen molar-refractivity contribution in [2.45, 2.75) is 50.9 Å². The molecule has 1 amide bonds. The molecule has 0 saturated carbocycles. The van der Waals surface area contributed by atoms with Gasteiger partial charge < -0.3 is 19.5 Å². The number of hydrogen-bond acceptors (Lipinski definition) is 5. The molecule has 1 N–H and O–H groups in total. The number of nitrogens with zero attached hydrogens (tertiary/aromatic N) is 2. The van der Waals surface area contributed by atoms with Gasteiger partial charge in [-0.1, -0.05) is 0 Å². The van der Waals surface area contributed by atoms with E-state index in [-0.39, 0.29) is 24.0 Å². The lowest BCUT2D eigenvalue weighted by Crippen LogP contribution is -2.50. The molecule has 0 unspecified atom stereocenters. The van der Waals surface area contributed by atoms with Gasteiger partial charge in [-0.15, -0.1) is 0 Å². The minimum atomic E-state index is -0.0868. The van der Waals surface area contributed by atoms with E-state index in [1.807, 2.05) is 10.9 Å².